The maximum atomic E-state index is 13.1. The lowest BCUT2D eigenvalue weighted by atomic mass is 9.93. The smallest absolute Gasteiger partial charge is 0.272 e. The van der Waals surface area contributed by atoms with Gasteiger partial charge in [0.15, 0.2) is 5.82 Å². The Kier molecular flexibility index (Phi) is 4.10. The molecule has 2 N–H and O–H groups in total. The Morgan fingerprint density at radius 2 is 2.04 bits per heavy atom. The number of carbonyl (C=O) groups is 1. The Labute approximate surface area is 145 Å². The van der Waals surface area contributed by atoms with Crippen LogP contribution >= 0.6 is 0 Å². The van der Waals surface area contributed by atoms with Crippen molar-refractivity contribution in [3.63, 3.8) is 0 Å². The number of fused-ring (bicyclic) bond motifs is 1. The molecule has 3 heterocycles. The lowest BCUT2D eigenvalue weighted by Gasteiger charge is -2.32. The number of nitrogen functional groups attached to an aromatic ring is 1. The van der Waals surface area contributed by atoms with Crippen LogP contribution < -0.4 is 5.73 Å². The van der Waals surface area contributed by atoms with Gasteiger partial charge in [-0.2, -0.15) is 4.98 Å². The maximum absolute atomic E-state index is 13.1. The van der Waals surface area contributed by atoms with Crippen molar-refractivity contribution in [1.29, 1.82) is 0 Å². The van der Waals surface area contributed by atoms with Crippen LogP contribution in [0.5, 0.6) is 0 Å². The van der Waals surface area contributed by atoms with Gasteiger partial charge in [0.05, 0.1) is 0 Å². The highest BCUT2D eigenvalue weighted by Crippen LogP contribution is 2.28. The molecule has 1 aliphatic heterocycles. The van der Waals surface area contributed by atoms with Gasteiger partial charge in [0.1, 0.15) is 5.69 Å². The molecular weight excluding hydrogens is 320 g/mol. The molecule has 1 amide bonds. The number of aryl methyl sites for hydroxylation is 2. The van der Waals surface area contributed by atoms with Gasteiger partial charge in [0, 0.05) is 37.2 Å². The first-order chi connectivity index (χ1) is 12.1. The number of piperidine rings is 1. The Morgan fingerprint density at radius 1 is 1.20 bits per heavy atom. The zero-order valence-electron chi connectivity index (χ0n) is 14.4. The topological polar surface area (TPSA) is 111 Å². The lowest BCUT2D eigenvalue weighted by molar-refractivity contribution is 0.0696. The summed E-state index contributed by atoms with van der Waals surface area (Å²) in [6.45, 7) is 3.07. The predicted octanol–water partition coefficient (Wildman–Crippen LogP) is 1.65. The number of hydrogen-bond donors (Lipinski definition) is 1. The summed E-state index contributed by atoms with van der Waals surface area (Å²) >= 11 is 0. The average Bonchev–Trinajstić information content (AvgIpc) is 3.07. The number of nitrogens with two attached hydrogens (primary N) is 1. The normalized spacial score (nSPS) is 20.4. The van der Waals surface area contributed by atoms with Crippen LogP contribution in [0.3, 0.4) is 0 Å². The van der Waals surface area contributed by atoms with Crippen LogP contribution in [0, 0.1) is 6.92 Å². The van der Waals surface area contributed by atoms with Crippen LogP contribution in [0.25, 0.3) is 0 Å². The van der Waals surface area contributed by atoms with E-state index in [1.54, 1.807) is 6.92 Å². The maximum Gasteiger partial charge on any atom is 0.272 e. The third-order valence-electron chi connectivity index (χ3n) is 5.02. The molecule has 25 heavy (non-hydrogen) atoms. The van der Waals surface area contributed by atoms with E-state index in [1.807, 2.05) is 4.90 Å². The van der Waals surface area contributed by atoms with Gasteiger partial charge in [-0.3, -0.25) is 4.79 Å². The van der Waals surface area contributed by atoms with Crippen LogP contribution in [0.4, 0.5) is 5.95 Å². The van der Waals surface area contributed by atoms with Gasteiger partial charge in [-0.05, 0) is 38.5 Å². The molecular formula is C17H22N6O2. The lowest BCUT2D eigenvalue weighted by Crippen LogP contribution is -2.40. The van der Waals surface area contributed by atoms with E-state index >= 15 is 0 Å². The fraction of sp³-hybridized carbons (Fsp3) is 0.588. The number of anilines is 1. The van der Waals surface area contributed by atoms with E-state index in [-0.39, 0.29) is 17.8 Å². The van der Waals surface area contributed by atoms with E-state index < -0.39 is 0 Å². The zero-order chi connectivity index (χ0) is 17.4. The van der Waals surface area contributed by atoms with E-state index in [2.05, 4.69) is 20.1 Å². The van der Waals surface area contributed by atoms with Crippen molar-refractivity contribution >= 4 is 11.9 Å². The molecule has 0 aromatic carbocycles. The number of carbonyl (C=O) groups excluding carboxylic acids is 1. The van der Waals surface area contributed by atoms with Crippen molar-refractivity contribution < 1.29 is 9.32 Å². The van der Waals surface area contributed by atoms with Gasteiger partial charge >= 0.3 is 0 Å². The third-order valence-corrected chi connectivity index (χ3v) is 5.02. The van der Waals surface area contributed by atoms with E-state index in [0.717, 1.165) is 49.8 Å². The van der Waals surface area contributed by atoms with E-state index in [0.29, 0.717) is 30.5 Å². The molecule has 1 unspecified atom stereocenters. The standard InChI is InChI=1S/C17H22N6O2/c1-10-19-15(22-25-10)11-5-4-8-23(9-11)16(24)14-12-6-2-3-7-13(12)20-17(18)21-14/h11H,2-9H2,1H3,(H2,18,20,21). The van der Waals surface area contributed by atoms with Crippen LogP contribution in [0.15, 0.2) is 4.52 Å². The number of hydrogen-bond acceptors (Lipinski definition) is 7. The second kappa shape index (κ2) is 6.42. The second-order valence-electron chi connectivity index (χ2n) is 6.82. The molecule has 2 aromatic heterocycles. The quantitative estimate of drug-likeness (QED) is 0.883. The van der Waals surface area contributed by atoms with Crippen molar-refractivity contribution in [2.75, 3.05) is 18.8 Å². The summed E-state index contributed by atoms with van der Waals surface area (Å²) in [6.07, 6.45) is 5.72. The molecule has 1 aliphatic carbocycles. The summed E-state index contributed by atoms with van der Waals surface area (Å²) in [5.74, 6) is 1.46. The van der Waals surface area contributed by atoms with Crippen molar-refractivity contribution in [3.8, 4) is 0 Å². The summed E-state index contributed by atoms with van der Waals surface area (Å²) in [5, 5.41) is 4.02. The molecule has 4 rings (SSSR count). The van der Waals surface area contributed by atoms with Gasteiger partial charge in [-0.15, -0.1) is 0 Å². The second-order valence-corrected chi connectivity index (χ2v) is 6.82. The van der Waals surface area contributed by atoms with Crippen molar-refractivity contribution in [3.05, 3.63) is 28.7 Å². The molecule has 2 aliphatic rings. The monoisotopic (exact) mass is 342 g/mol. The number of nitrogens with zero attached hydrogens (tertiary/aromatic N) is 5. The highest BCUT2D eigenvalue weighted by atomic mass is 16.5. The van der Waals surface area contributed by atoms with E-state index in [9.17, 15) is 4.79 Å². The summed E-state index contributed by atoms with van der Waals surface area (Å²) < 4.78 is 5.09. The van der Waals surface area contributed by atoms with Crippen molar-refractivity contribution in [2.45, 2.75) is 51.4 Å². The molecule has 1 fully saturated rings. The minimum Gasteiger partial charge on any atom is -0.368 e. The summed E-state index contributed by atoms with van der Waals surface area (Å²) in [4.78, 5) is 27.9. The molecule has 2 aromatic rings. The summed E-state index contributed by atoms with van der Waals surface area (Å²) in [6, 6.07) is 0. The first-order valence-corrected chi connectivity index (χ1v) is 8.86. The van der Waals surface area contributed by atoms with Gasteiger partial charge < -0.3 is 15.2 Å². The summed E-state index contributed by atoms with van der Waals surface area (Å²) in [7, 11) is 0. The molecule has 1 saturated heterocycles. The number of aromatic nitrogens is 4. The number of likely N-dealkylation sites (tertiary alicyclic amines) is 1. The highest BCUT2D eigenvalue weighted by Gasteiger charge is 2.31. The van der Waals surface area contributed by atoms with Crippen molar-refractivity contribution in [2.24, 2.45) is 0 Å². The van der Waals surface area contributed by atoms with Gasteiger partial charge in [-0.25, -0.2) is 9.97 Å². The van der Waals surface area contributed by atoms with Gasteiger partial charge in [0.25, 0.3) is 5.91 Å². The first kappa shape index (κ1) is 16.0. The third kappa shape index (κ3) is 3.08. The molecule has 8 heteroatoms. The Bertz CT molecular complexity index is 802. The first-order valence-electron chi connectivity index (χ1n) is 8.86. The SMILES string of the molecule is Cc1nc(C2CCCN(C(=O)c3nc(N)nc4c3CCCC4)C2)no1. The summed E-state index contributed by atoms with van der Waals surface area (Å²) in [5.41, 5.74) is 8.23. The molecule has 132 valence electrons. The van der Waals surface area contributed by atoms with Gasteiger partial charge in [-0.1, -0.05) is 5.16 Å². The van der Waals surface area contributed by atoms with Crippen LogP contribution in [0.1, 0.15) is 65.1 Å². The zero-order valence-corrected chi connectivity index (χ0v) is 14.4. The molecule has 0 spiro atoms. The molecule has 0 radical (unpaired) electrons. The Morgan fingerprint density at radius 3 is 2.84 bits per heavy atom. The van der Waals surface area contributed by atoms with Crippen LogP contribution in [0.2, 0.25) is 0 Å². The van der Waals surface area contributed by atoms with Crippen LogP contribution in [-0.2, 0) is 12.8 Å². The molecule has 0 saturated carbocycles. The van der Waals surface area contributed by atoms with Crippen molar-refractivity contribution in [1.82, 2.24) is 25.0 Å². The molecule has 1 atom stereocenters. The predicted molar refractivity (Wildman–Crippen MR) is 90.0 cm³/mol. The average molecular weight is 342 g/mol. The van der Waals surface area contributed by atoms with Crippen LogP contribution in [-0.4, -0.2) is 44.0 Å². The Balaban J connectivity index is 1.59. The largest absolute Gasteiger partial charge is 0.368 e. The fourth-order valence-electron chi connectivity index (χ4n) is 3.79. The van der Waals surface area contributed by atoms with Gasteiger partial charge in [0.2, 0.25) is 11.8 Å². The Hall–Kier alpha value is -2.51. The number of amides is 1. The number of rotatable bonds is 2. The molecule has 8 nitrogen and oxygen atoms in total. The molecule has 0 bridgehead atoms. The minimum atomic E-state index is -0.0582. The van der Waals surface area contributed by atoms with E-state index in [1.165, 1.54) is 0 Å². The van der Waals surface area contributed by atoms with E-state index in [4.69, 9.17) is 10.3 Å². The fourth-order valence-corrected chi connectivity index (χ4v) is 3.79. The highest BCUT2D eigenvalue weighted by molar-refractivity contribution is 5.94. The minimum absolute atomic E-state index is 0.0582.